The molecule has 91 heavy (non-hydrogen) atoms. The lowest BCUT2D eigenvalue weighted by Gasteiger charge is -2.41. The Hall–Kier alpha value is -6.95. The molecule has 1 heterocycles. The molecule has 1 fully saturated rings. The van der Waals surface area contributed by atoms with Crippen molar-refractivity contribution in [2.45, 2.75) is 222 Å². The van der Waals surface area contributed by atoms with E-state index in [0.717, 1.165) is 20.3 Å². The zero-order valence-electron chi connectivity index (χ0n) is 58.9. The molecule has 24 nitrogen and oxygen atoms in total. The van der Waals surface area contributed by atoms with E-state index in [9.17, 15) is 43.5 Å². The Kier molecular flexibility index (Phi) is 32.5. The van der Waals surface area contributed by atoms with E-state index in [0.29, 0.717) is 6.42 Å². The Bertz CT molecular complexity index is 2650. The molecule has 1 aliphatic heterocycles. The lowest BCUT2D eigenvalue weighted by Crippen LogP contribution is -2.63. The number of hydrogen-bond acceptors (Lipinski definition) is 13. The molecule has 1 aliphatic rings. The van der Waals surface area contributed by atoms with Gasteiger partial charge in [0.05, 0.1) is 25.4 Å². The van der Waals surface area contributed by atoms with Crippen LogP contribution in [0.4, 0.5) is 0 Å². The largest absolute Gasteiger partial charge is 0.390 e. The first-order chi connectivity index (χ1) is 42.3. The highest BCUT2D eigenvalue weighted by molar-refractivity contribution is 5.99. The molecular formula is C67H113N11O13. The molecule has 0 saturated carbocycles. The first-order valence-corrected chi connectivity index (χ1v) is 32.3. The van der Waals surface area contributed by atoms with E-state index in [1.165, 1.54) is 82.8 Å². The number of nitrogens with one attached hydrogen (secondary N) is 4. The van der Waals surface area contributed by atoms with E-state index in [2.05, 4.69) is 21.3 Å². The second kappa shape index (κ2) is 36.9. The van der Waals surface area contributed by atoms with E-state index < -0.39 is 162 Å². The molecule has 24 heteroatoms. The van der Waals surface area contributed by atoms with Gasteiger partial charge in [0.2, 0.25) is 65.0 Å². The van der Waals surface area contributed by atoms with Crippen LogP contribution in [0.1, 0.15) is 148 Å². The van der Waals surface area contributed by atoms with Gasteiger partial charge in [0.1, 0.15) is 60.4 Å². The number of hydrogen-bond donors (Lipinski definition) is 5. The highest BCUT2D eigenvalue weighted by Gasteiger charge is 2.46. The standard InChI is InChI=1S/C67H113N11O13/c1-24-26-30-43(13)57(80)56-61(84)70-48(25-2)63(86)72(17)36-52(79)76(21)55(46(16)91-37-47-31-28-27-29-32-47)60(83)71-53(41(9)10)66(89)73(18)49(33-38(3)4)59(82)68-44(14)58(81)69-45(15)62(85)74(19)50(34-39(5)6)64(87)75(20)51(35-40(7)8)65(88)77(22)54(42(11)12)67(90)78(56)23/h24,26-29,31-32,38-46,48-51,53-57,80H,25,30,33-37H2,1-23H3,(H,68,82)(H,69,81)(H,70,84)(H,71,83)/t43-,44+,45-,46-,48+,49+,50+,51+,53+,54-,55+,56+,57-/m1/s1. The van der Waals surface area contributed by atoms with E-state index in [1.54, 1.807) is 67.5 Å². The number of ether oxygens (including phenoxy) is 1. The zero-order valence-corrected chi connectivity index (χ0v) is 58.9. The molecule has 5 N–H and O–H groups in total. The lowest BCUT2D eigenvalue weighted by atomic mass is 9.91. The first-order valence-electron chi connectivity index (χ1n) is 32.3. The summed E-state index contributed by atoms with van der Waals surface area (Å²) in [6, 6.07) is -3.79. The number of aliphatic hydroxyl groups excluding tert-OH is 1. The molecule has 0 aromatic heterocycles. The maximum Gasteiger partial charge on any atom is 0.246 e. The van der Waals surface area contributed by atoms with Crippen LogP contribution >= 0.6 is 0 Å². The highest BCUT2D eigenvalue weighted by Crippen LogP contribution is 2.26. The molecule has 0 aliphatic carbocycles. The third kappa shape index (κ3) is 22.4. The van der Waals surface area contributed by atoms with Crippen molar-refractivity contribution in [2.75, 3.05) is 55.9 Å². The van der Waals surface area contributed by atoms with E-state index in [4.69, 9.17) is 4.74 Å². The Morgan fingerprint density at radius 2 is 0.989 bits per heavy atom. The van der Waals surface area contributed by atoms with Gasteiger partial charge in [-0.1, -0.05) is 126 Å². The Morgan fingerprint density at radius 3 is 1.48 bits per heavy atom. The third-order valence-electron chi connectivity index (χ3n) is 17.1. The molecule has 13 atom stereocenters. The highest BCUT2D eigenvalue weighted by atomic mass is 16.5. The smallest absolute Gasteiger partial charge is 0.246 e. The summed E-state index contributed by atoms with van der Waals surface area (Å²) in [6.45, 7) is 27.0. The number of carbonyl (C=O) groups excluding carboxylic acids is 11. The van der Waals surface area contributed by atoms with Gasteiger partial charge in [-0.3, -0.25) is 52.7 Å². The van der Waals surface area contributed by atoms with E-state index >= 15 is 14.4 Å². The van der Waals surface area contributed by atoms with Crippen LogP contribution in [0.2, 0.25) is 0 Å². The molecule has 1 saturated heterocycles. The zero-order chi connectivity index (χ0) is 69.8. The Balaban J connectivity index is 3.02. The molecule has 0 radical (unpaired) electrons. The molecular weight excluding hydrogens is 1170 g/mol. The van der Waals surface area contributed by atoms with Crippen molar-refractivity contribution in [3.8, 4) is 0 Å². The molecule has 0 spiro atoms. The number of nitrogens with zero attached hydrogens (tertiary/aromatic N) is 7. The van der Waals surface area contributed by atoms with Gasteiger partial charge in [-0.2, -0.15) is 0 Å². The molecule has 1 aromatic rings. The molecule has 0 unspecified atom stereocenters. The van der Waals surface area contributed by atoms with Gasteiger partial charge in [-0.15, -0.1) is 0 Å². The minimum atomic E-state index is -1.64. The van der Waals surface area contributed by atoms with Crippen molar-refractivity contribution in [1.82, 2.24) is 55.6 Å². The average molecular weight is 1280 g/mol. The van der Waals surface area contributed by atoms with Crippen LogP contribution in [0, 0.1) is 35.5 Å². The van der Waals surface area contributed by atoms with Gasteiger partial charge in [-0.05, 0) is 101 Å². The Morgan fingerprint density at radius 1 is 0.516 bits per heavy atom. The number of benzene rings is 1. The van der Waals surface area contributed by atoms with Crippen molar-refractivity contribution < 1.29 is 62.6 Å². The average Bonchev–Trinajstić information content (AvgIpc) is 2.39. The molecule has 1 aromatic carbocycles. The number of amides is 11. The van der Waals surface area contributed by atoms with Crippen LogP contribution in [0.5, 0.6) is 0 Å². The summed E-state index contributed by atoms with van der Waals surface area (Å²) in [6.07, 6.45) is 1.73. The molecule has 0 bridgehead atoms. The van der Waals surface area contributed by atoms with Crippen LogP contribution in [0.25, 0.3) is 0 Å². The Labute approximate surface area is 542 Å². The van der Waals surface area contributed by atoms with Crippen LogP contribution in [-0.4, -0.2) is 233 Å². The van der Waals surface area contributed by atoms with Crippen molar-refractivity contribution in [2.24, 2.45) is 35.5 Å². The third-order valence-corrected chi connectivity index (χ3v) is 17.1. The van der Waals surface area contributed by atoms with Gasteiger partial charge in [0.15, 0.2) is 0 Å². The van der Waals surface area contributed by atoms with Crippen molar-refractivity contribution in [3.63, 3.8) is 0 Å². The van der Waals surface area contributed by atoms with E-state index in [-0.39, 0.29) is 50.0 Å². The monoisotopic (exact) mass is 1280 g/mol. The molecule has 11 amide bonds. The van der Waals surface area contributed by atoms with Crippen LogP contribution < -0.4 is 21.3 Å². The summed E-state index contributed by atoms with van der Waals surface area (Å²) < 4.78 is 6.26. The van der Waals surface area contributed by atoms with Crippen LogP contribution in [0.3, 0.4) is 0 Å². The molecule has 2 rings (SSSR count). The SMILES string of the molecule is CC=CC[C@@H](C)[C@@H](O)[C@H]1C(=O)N[C@@H](CC)C(=O)N(C)CC(=O)N(C)[C@@H]([C@@H](C)OCc2ccccc2)C(=O)N[C@@H](C(C)C)C(=O)N(C)[C@@H](CC(C)C)C(=O)N[C@@H](C)C(=O)N[C@H](C)C(=O)N(C)[C@@H](CC(C)C)C(=O)N(C)[C@@H](CC(C)C)C(=O)N(C)[C@H](C(C)C)C(=O)N1C. The lowest BCUT2D eigenvalue weighted by molar-refractivity contribution is -0.157. The second-order valence-electron chi connectivity index (χ2n) is 26.9. The summed E-state index contributed by atoms with van der Waals surface area (Å²) in [5, 5.41) is 23.1. The normalized spacial score (nSPS) is 26.2. The van der Waals surface area contributed by atoms with Gasteiger partial charge < -0.3 is 65.4 Å². The van der Waals surface area contributed by atoms with E-state index in [1.807, 2.05) is 71.9 Å². The van der Waals surface area contributed by atoms with Gasteiger partial charge in [-0.25, -0.2) is 0 Å². The topological polar surface area (TPSA) is 288 Å². The molecule has 514 valence electrons. The predicted molar refractivity (Wildman–Crippen MR) is 350 cm³/mol. The number of likely N-dealkylation sites (N-methyl/N-ethyl adjacent to an activating group) is 7. The maximum atomic E-state index is 15.2. The van der Waals surface area contributed by atoms with Crippen LogP contribution in [-0.2, 0) is 64.1 Å². The van der Waals surface area contributed by atoms with Crippen molar-refractivity contribution in [3.05, 3.63) is 48.0 Å². The first kappa shape index (κ1) is 80.1. The second-order valence-corrected chi connectivity index (χ2v) is 26.9. The summed E-state index contributed by atoms with van der Waals surface area (Å²) in [7, 11) is 9.80. The number of carbonyl (C=O) groups is 11. The predicted octanol–water partition coefficient (Wildman–Crippen LogP) is 3.83. The number of allylic oxidation sites excluding steroid dienone is 2. The number of rotatable bonds is 17. The fraction of sp³-hybridized carbons (Fsp3) is 0.716. The van der Waals surface area contributed by atoms with Gasteiger partial charge in [0, 0.05) is 49.3 Å². The summed E-state index contributed by atoms with van der Waals surface area (Å²) in [5.74, 6) is -10.1. The minimum Gasteiger partial charge on any atom is -0.390 e. The van der Waals surface area contributed by atoms with Crippen molar-refractivity contribution in [1.29, 1.82) is 0 Å². The van der Waals surface area contributed by atoms with Crippen molar-refractivity contribution >= 4 is 65.0 Å². The quantitative estimate of drug-likeness (QED) is 0.139. The summed E-state index contributed by atoms with van der Waals surface area (Å²) in [5.41, 5.74) is 0.764. The minimum absolute atomic E-state index is 0.00787. The van der Waals surface area contributed by atoms with Crippen LogP contribution in [0.15, 0.2) is 42.5 Å². The van der Waals surface area contributed by atoms with Gasteiger partial charge in [0.25, 0.3) is 0 Å². The number of aliphatic hydroxyl groups is 1. The maximum absolute atomic E-state index is 15.2. The van der Waals surface area contributed by atoms with Gasteiger partial charge >= 0.3 is 0 Å². The summed E-state index contributed by atoms with van der Waals surface area (Å²) >= 11 is 0. The fourth-order valence-corrected chi connectivity index (χ4v) is 11.4. The fourth-order valence-electron chi connectivity index (χ4n) is 11.4. The summed E-state index contributed by atoms with van der Waals surface area (Å²) in [4.78, 5) is 170.